The van der Waals surface area contributed by atoms with Gasteiger partial charge in [0.15, 0.2) is 0 Å². The van der Waals surface area contributed by atoms with Crippen LogP contribution < -0.4 is 17.0 Å². The van der Waals surface area contributed by atoms with Crippen molar-refractivity contribution in [3.63, 3.8) is 0 Å². The van der Waals surface area contributed by atoms with Gasteiger partial charge in [0.2, 0.25) is 0 Å². The second-order valence-electron chi connectivity index (χ2n) is 4.80. The van der Waals surface area contributed by atoms with Gasteiger partial charge in [0.05, 0.1) is 0 Å². The first-order valence-corrected chi connectivity index (χ1v) is 7.06. The highest BCUT2D eigenvalue weighted by Gasteiger charge is 2.20. The predicted octanol–water partition coefficient (Wildman–Crippen LogP) is 0.675. The Labute approximate surface area is 133 Å². The Morgan fingerprint density at radius 2 is 1.91 bits per heavy atom. The summed E-state index contributed by atoms with van der Waals surface area (Å²) < 4.78 is 16.4. The third-order valence-electron chi connectivity index (χ3n) is 3.41. The number of benzene rings is 1. The molecule has 0 aliphatic carbocycles. The van der Waals surface area contributed by atoms with Gasteiger partial charge in [-0.05, 0) is 17.7 Å². The summed E-state index contributed by atoms with van der Waals surface area (Å²) in [6.07, 6.45) is -0.0980. The molecule has 2 rings (SSSR count). The molecule has 0 aliphatic heterocycles. The molecule has 8 heteroatoms. The number of primary amides is 1. The zero-order chi connectivity index (χ0) is 16.6. The monoisotopic (exact) mass is 369 g/mol. The van der Waals surface area contributed by atoms with E-state index < -0.39 is 23.0 Å². The van der Waals surface area contributed by atoms with Crippen molar-refractivity contribution in [3.8, 4) is 0 Å². The quantitative estimate of drug-likeness (QED) is 0.862. The van der Waals surface area contributed by atoms with Crippen LogP contribution in [0.25, 0.3) is 0 Å². The van der Waals surface area contributed by atoms with Crippen molar-refractivity contribution < 1.29 is 9.18 Å². The largest absolute Gasteiger partial charge is 0.365 e. The lowest BCUT2D eigenvalue weighted by Gasteiger charge is -2.14. The average Bonchev–Trinajstić information content (AvgIpc) is 2.44. The standard InChI is InChI=1S/C14H13BrFN3O3/c1-18-10(5-7-3-4-8(15)6-9(7)16)11(12(17)20)13(21)19(2)14(18)22/h3-4,6H,5H2,1-2H3,(H2,17,20). The van der Waals surface area contributed by atoms with Gasteiger partial charge in [-0.25, -0.2) is 9.18 Å². The van der Waals surface area contributed by atoms with Crippen LogP contribution in [-0.2, 0) is 20.5 Å². The summed E-state index contributed by atoms with van der Waals surface area (Å²) in [7, 11) is 2.65. The van der Waals surface area contributed by atoms with Crippen LogP contribution in [-0.4, -0.2) is 15.0 Å². The smallest absolute Gasteiger partial charge is 0.330 e. The molecule has 1 aromatic heterocycles. The van der Waals surface area contributed by atoms with Crippen molar-refractivity contribution in [2.24, 2.45) is 19.8 Å². The Hall–Kier alpha value is -2.22. The lowest BCUT2D eigenvalue weighted by Crippen LogP contribution is -2.43. The number of amides is 1. The number of hydrogen-bond acceptors (Lipinski definition) is 3. The third kappa shape index (κ3) is 2.74. The van der Waals surface area contributed by atoms with Gasteiger partial charge in [0.25, 0.3) is 11.5 Å². The van der Waals surface area contributed by atoms with Crippen LogP contribution in [0.3, 0.4) is 0 Å². The molecule has 0 fully saturated rings. The molecule has 0 atom stereocenters. The molecular weight excluding hydrogens is 357 g/mol. The van der Waals surface area contributed by atoms with Gasteiger partial charge in [0, 0.05) is 30.7 Å². The molecule has 0 radical (unpaired) electrons. The van der Waals surface area contributed by atoms with Crippen molar-refractivity contribution in [2.75, 3.05) is 0 Å². The number of rotatable bonds is 3. The molecule has 1 heterocycles. The highest BCUT2D eigenvalue weighted by Crippen LogP contribution is 2.18. The Kier molecular flexibility index (Phi) is 4.32. The SMILES string of the molecule is Cn1c(Cc2ccc(Br)cc2F)c(C(N)=O)c(=O)n(C)c1=O. The summed E-state index contributed by atoms with van der Waals surface area (Å²) in [5.74, 6) is -1.47. The number of carbonyl (C=O) groups is 1. The molecule has 116 valence electrons. The molecule has 2 N–H and O–H groups in total. The number of carbonyl (C=O) groups excluding carboxylic acids is 1. The summed E-state index contributed by atoms with van der Waals surface area (Å²) in [4.78, 5) is 35.6. The maximum Gasteiger partial charge on any atom is 0.330 e. The number of nitrogens with two attached hydrogens (primary N) is 1. The van der Waals surface area contributed by atoms with E-state index in [9.17, 15) is 18.8 Å². The van der Waals surface area contributed by atoms with Crippen molar-refractivity contribution in [1.29, 1.82) is 0 Å². The molecule has 1 amide bonds. The molecule has 0 saturated carbocycles. The molecule has 1 aromatic carbocycles. The molecule has 22 heavy (non-hydrogen) atoms. The maximum absolute atomic E-state index is 14.0. The van der Waals surface area contributed by atoms with E-state index in [-0.39, 0.29) is 23.2 Å². The molecule has 0 aliphatic rings. The minimum atomic E-state index is -0.955. The number of halogens is 2. The fourth-order valence-corrected chi connectivity index (χ4v) is 2.52. The second kappa shape index (κ2) is 5.88. The Morgan fingerprint density at radius 3 is 2.45 bits per heavy atom. The van der Waals surface area contributed by atoms with E-state index in [1.54, 1.807) is 6.07 Å². The third-order valence-corrected chi connectivity index (χ3v) is 3.90. The van der Waals surface area contributed by atoms with E-state index in [1.807, 2.05) is 0 Å². The van der Waals surface area contributed by atoms with E-state index in [0.29, 0.717) is 4.47 Å². The van der Waals surface area contributed by atoms with Gasteiger partial charge >= 0.3 is 5.69 Å². The van der Waals surface area contributed by atoms with Crippen LogP contribution in [0.15, 0.2) is 32.3 Å². The average molecular weight is 370 g/mol. The lowest BCUT2D eigenvalue weighted by atomic mass is 10.0. The molecule has 0 bridgehead atoms. The molecular formula is C14H13BrFN3O3. The first kappa shape index (κ1) is 16.2. The summed E-state index contributed by atoms with van der Waals surface area (Å²) in [6.45, 7) is 0. The van der Waals surface area contributed by atoms with Crippen LogP contribution in [0.2, 0.25) is 0 Å². The Balaban J connectivity index is 2.72. The number of hydrogen-bond donors (Lipinski definition) is 1. The zero-order valence-corrected chi connectivity index (χ0v) is 13.5. The lowest BCUT2D eigenvalue weighted by molar-refractivity contribution is 0.0996. The van der Waals surface area contributed by atoms with Crippen LogP contribution in [0.4, 0.5) is 4.39 Å². The molecule has 6 nitrogen and oxygen atoms in total. The van der Waals surface area contributed by atoms with Crippen LogP contribution in [0.1, 0.15) is 21.6 Å². The van der Waals surface area contributed by atoms with E-state index in [1.165, 1.54) is 26.2 Å². The van der Waals surface area contributed by atoms with Gasteiger partial charge in [-0.15, -0.1) is 0 Å². The molecule has 2 aromatic rings. The minimum Gasteiger partial charge on any atom is -0.365 e. The molecule has 0 unspecified atom stereocenters. The number of aromatic nitrogens is 2. The number of nitrogens with zero attached hydrogens (tertiary/aromatic N) is 2. The predicted molar refractivity (Wildman–Crippen MR) is 82.3 cm³/mol. The van der Waals surface area contributed by atoms with Crippen LogP contribution in [0, 0.1) is 5.82 Å². The first-order chi connectivity index (χ1) is 10.2. The fourth-order valence-electron chi connectivity index (χ4n) is 2.19. The summed E-state index contributed by atoms with van der Waals surface area (Å²) in [5.41, 5.74) is 3.87. The van der Waals surface area contributed by atoms with E-state index in [4.69, 9.17) is 5.73 Å². The second-order valence-corrected chi connectivity index (χ2v) is 5.72. The first-order valence-electron chi connectivity index (χ1n) is 6.26. The summed E-state index contributed by atoms with van der Waals surface area (Å²) in [5, 5.41) is 0. The highest BCUT2D eigenvalue weighted by atomic mass is 79.9. The van der Waals surface area contributed by atoms with Crippen molar-refractivity contribution in [2.45, 2.75) is 6.42 Å². The van der Waals surface area contributed by atoms with Crippen molar-refractivity contribution in [1.82, 2.24) is 9.13 Å². The van der Waals surface area contributed by atoms with E-state index in [0.717, 1.165) is 9.13 Å². The Bertz CT molecular complexity index is 886. The van der Waals surface area contributed by atoms with Gasteiger partial charge in [-0.3, -0.25) is 18.7 Å². The highest BCUT2D eigenvalue weighted by molar-refractivity contribution is 9.10. The normalized spacial score (nSPS) is 10.7. The van der Waals surface area contributed by atoms with Gasteiger partial charge in [-0.1, -0.05) is 22.0 Å². The van der Waals surface area contributed by atoms with Gasteiger partial charge in [0.1, 0.15) is 11.4 Å². The molecule has 0 saturated heterocycles. The minimum absolute atomic E-state index is 0.0850. The summed E-state index contributed by atoms with van der Waals surface area (Å²) in [6, 6.07) is 4.39. The van der Waals surface area contributed by atoms with E-state index in [2.05, 4.69) is 15.9 Å². The Morgan fingerprint density at radius 1 is 1.27 bits per heavy atom. The molecule has 0 spiro atoms. The van der Waals surface area contributed by atoms with Crippen molar-refractivity contribution >= 4 is 21.8 Å². The van der Waals surface area contributed by atoms with Crippen LogP contribution in [0.5, 0.6) is 0 Å². The van der Waals surface area contributed by atoms with Gasteiger partial charge in [-0.2, -0.15) is 0 Å². The zero-order valence-electron chi connectivity index (χ0n) is 11.9. The van der Waals surface area contributed by atoms with E-state index >= 15 is 0 Å². The van der Waals surface area contributed by atoms with Gasteiger partial charge < -0.3 is 5.73 Å². The van der Waals surface area contributed by atoms with Crippen LogP contribution >= 0.6 is 15.9 Å². The fraction of sp³-hybridized carbons (Fsp3) is 0.214. The topological polar surface area (TPSA) is 87.1 Å². The van der Waals surface area contributed by atoms with Crippen molar-refractivity contribution in [3.05, 3.63) is 66.1 Å². The summed E-state index contributed by atoms with van der Waals surface area (Å²) >= 11 is 3.14. The maximum atomic E-state index is 14.0.